The molecule has 0 atom stereocenters. The van der Waals surface area contributed by atoms with E-state index in [1.807, 2.05) is 13.8 Å². The van der Waals surface area contributed by atoms with Crippen LogP contribution in [0.25, 0.3) is 0 Å². The quantitative estimate of drug-likeness (QED) is 0.403. The van der Waals surface area contributed by atoms with Gasteiger partial charge in [0.05, 0.1) is 18.8 Å². The average molecular weight is 372 g/mol. The molecule has 6 nitrogen and oxygen atoms in total. The van der Waals surface area contributed by atoms with Crippen molar-refractivity contribution in [3.05, 3.63) is 46.8 Å². The minimum Gasteiger partial charge on any atom is -0.494 e. The Kier molecular flexibility index (Phi) is 8.17. The first-order valence-electron chi connectivity index (χ1n) is 9.79. The molecule has 1 aromatic carbocycles. The number of ether oxygens (including phenoxy) is 1. The first kappa shape index (κ1) is 20.8. The monoisotopic (exact) mass is 371 g/mol. The Balaban J connectivity index is 1.91. The number of nitrogens with one attached hydrogen (secondary N) is 2. The molecule has 0 amide bonds. The van der Waals surface area contributed by atoms with E-state index in [-0.39, 0.29) is 0 Å². The molecule has 1 aromatic heterocycles. The maximum atomic E-state index is 5.75. The van der Waals surface area contributed by atoms with Crippen molar-refractivity contribution in [3.8, 4) is 5.75 Å². The maximum Gasteiger partial charge on any atom is 0.191 e. The van der Waals surface area contributed by atoms with Crippen molar-refractivity contribution >= 4 is 5.96 Å². The van der Waals surface area contributed by atoms with E-state index in [1.165, 1.54) is 11.3 Å². The lowest BCUT2D eigenvalue weighted by Crippen LogP contribution is -2.38. The predicted molar refractivity (Wildman–Crippen MR) is 111 cm³/mol. The number of benzene rings is 1. The molecule has 1 heterocycles. The summed E-state index contributed by atoms with van der Waals surface area (Å²) in [4.78, 5) is 4.71. The molecule has 0 fully saturated rings. The van der Waals surface area contributed by atoms with Crippen LogP contribution in [0.15, 0.2) is 29.3 Å². The van der Waals surface area contributed by atoms with Crippen molar-refractivity contribution in [3.63, 3.8) is 0 Å². The number of guanidine groups is 1. The van der Waals surface area contributed by atoms with Gasteiger partial charge in [0.2, 0.25) is 0 Å². The van der Waals surface area contributed by atoms with Gasteiger partial charge in [0.15, 0.2) is 5.96 Å². The van der Waals surface area contributed by atoms with E-state index in [1.54, 1.807) is 0 Å². The smallest absolute Gasteiger partial charge is 0.191 e. The van der Waals surface area contributed by atoms with Crippen LogP contribution in [-0.4, -0.2) is 35.4 Å². The van der Waals surface area contributed by atoms with Crippen molar-refractivity contribution in [1.82, 2.24) is 20.4 Å². The van der Waals surface area contributed by atoms with Crippen LogP contribution in [-0.2, 0) is 13.1 Å². The first-order chi connectivity index (χ1) is 13.0. The van der Waals surface area contributed by atoms with Crippen LogP contribution < -0.4 is 15.4 Å². The molecule has 0 saturated carbocycles. The van der Waals surface area contributed by atoms with Crippen molar-refractivity contribution in [2.45, 2.75) is 54.1 Å². The minimum absolute atomic E-state index is 0.586. The average Bonchev–Trinajstić information content (AvgIpc) is 2.95. The number of aromatic nitrogens is 2. The first-order valence-corrected chi connectivity index (χ1v) is 9.79. The number of nitrogens with zero attached hydrogens (tertiary/aromatic N) is 3. The van der Waals surface area contributed by atoms with E-state index in [4.69, 9.17) is 9.73 Å². The summed E-state index contributed by atoms with van der Waals surface area (Å²) in [6, 6.07) is 8.37. The van der Waals surface area contributed by atoms with Crippen LogP contribution in [0.1, 0.15) is 42.8 Å². The third kappa shape index (κ3) is 6.62. The zero-order valence-electron chi connectivity index (χ0n) is 17.3. The van der Waals surface area contributed by atoms with E-state index in [2.05, 4.69) is 65.5 Å². The highest BCUT2D eigenvalue weighted by Crippen LogP contribution is 2.21. The Morgan fingerprint density at radius 3 is 2.63 bits per heavy atom. The molecule has 0 aliphatic rings. The van der Waals surface area contributed by atoms with Gasteiger partial charge in [0.1, 0.15) is 5.75 Å². The molecule has 0 saturated heterocycles. The van der Waals surface area contributed by atoms with Crippen LogP contribution in [0, 0.1) is 20.8 Å². The molecular weight excluding hydrogens is 338 g/mol. The molecule has 0 aliphatic heterocycles. The fourth-order valence-corrected chi connectivity index (χ4v) is 2.93. The Labute approximate surface area is 163 Å². The molecule has 0 unspecified atom stereocenters. The maximum absolute atomic E-state index is 5.75. The van der Waals surface area contributed by atoms with Gasteiger partial charge < -0.3 is 15.4 Å². The highest BCUT2D eigenvalue weighted by atomic mass is 16.5. The van der Waals surface area contributed by atoms with Crippen molar-refractivity contribution in [2.24, 2.45) is 4.99 Å². The molecule has 0 aliphatic carbocycles. The topological polar surface area (TPSA) is 63.5 Å². The van der Waals surface area contributed by atoms with Gasteiger partial charge in [0.25, 0.3) is 0 Å². The van der Waals surface area contributed by atoms with Gasteiger partial charge >= 0.3 is 0 Å². The molecule has 0 radical (unpaired) electrons. The van der Waals surface area contributed by atoms with Crippen molar-refractivity contribution in [1.29, 1.82) is 0 Å². The number of hydrogen-bond donors (Lipinski definition) is 2. The summed E-state index contributed by atoms with van der Waals surface area (Å²) in [5.74, 6) is 1.75. The lowest BCUT2D eigenvalue weighted by atomic mass is 10.1. The van der Waals surface area contributed by atoms with E-state index in [0.717, 1.165) is 49.0 Å². The van der Waals surface area contributed by atoms with Gasteiger partial charge in [-0.05, 0) is 58.7 Å². The zero-order chi connectivity index (χ0) is 19.6. The largest absolute Gasteiger partial charge is 0.494 e. The number of rotatable bonds is 9. The highest BCUT2D eigenvalue weighted by Gasteiger charge is 2.05. The number of hydrogen-bond acceptors (Lipinski definition) is 3. The normalized spacial score (nSPS) is 11.5. The summed E-state index contributed by atoms with van der Waals surface area (Å²) in [5.41, 5.74) is 4.57. The molecular formula is C21H33N5O. The summed E-state index contributed by atoms with van der Waals surface area (Å²) in [6.07, 6.45) is 0.987. The molecule has 2 aromatic rings. The van der Waals surface area contributed by atoms with Crippen molar-refractivity contribution in [2.75, 3.05) is 19.7 Å². The van der Waals surface area contributed by atoms with Crippen LogP contribution in [0.2, 0.25) is 0 Å². The summed E-state index contributed by atoms with van der Waals surface area (Å²) in [5, 5.41) is 11.2. The fraction of sp³-hybridized carbons (Fsp3) is 0.524. The Morgan fingerprint density at radius 1 is 1.15 bits per heavy atom. The molecule has 27 heavy (non-hydrogen) atoms. The number of aryl methyl sites for hydroxylation is 4. The number of aliphatic imine (C=N–C) groups is 1. The molecule has 0 bridgehead atoms. The van der Waals surface area contributed by atoms with Crippen LogP contribution in [0.5, 0.6) is 5.75 Å². The molecule has 0 spiro atoms. The second-order valence-corrected chi connectivity index (χ2v) is 6.67. The van der Waals surface area contributed by atoms with Crippen LogP contribution >= 0.6 is 0 Å². The van der Waals surface area contributed by atoms with Crippen molar-refractivity contribution < 1.29 is 4.74 Å². The Morgan fingerprint density at radius 2 is 1.96 bits per heavy atom. The molecule has 6 heteroatoms. The summed E-state index contributed by atoms with van der Waals surface area (Å²) >= 11 is 0. The van der Waals surface area contributed by atoms with Gasteiger partial charge in [-0.2, -0.15) is 5.10 Å². The van der Waals surface area contributed by atoms with E-state index in [0.29, 0.717) is 13.2 Å². The molecule has 148 valence electrons. The Hall–Kier alpha value is -2.50. The summed E-state index contributed by atoms with van der Waals surface area (Å²) < 4.78 is 7.81. The fourth-order valence-electron chi connectivity index (χ4n) is 2.93. The Bertz CT molecular complexity index is 751. The third-order valence-corrected chi connectivity index (χ3v) is 4.22. The second kappa shape index (κ2) is 10.6. The summed E-state index contributed by atoms with van der Waals surface area (Å²) in [7, 11) is 0. The lowest BCUT2D eigenvalue weighted by molar-refractivity contribution is 0.336. The van der Waals surface area contributed by atoms with E-state index < -0.39 is 0 Å². The SMILES string of the molecule is CCNC(=NCc1ccc(C)cc1OCC)NCCCn1nc(C)cc1C. The second-order valence-electron chi connectivity index (χ2n) is 6.67. The standard InChI is InChI=1S/C21H33N5O/c1-6-22-21(23-11-8-12-26-18(5)14-17(4)25-26)24-15-19-10-9-16(3)13-20(19)27-7-2/h9-10,13-14H,6-8,11-12,15H2,1-5H3,(H2,22,23,24). The molecule has 2 N–H and O–H groups in total. The van der Waals surface area contributed by atoms with E-state index >= 15 is 0 Å². The van der Waals surface area contributed by atoms with Crippen LogP contribution in [0.3, 0.4) is 0 Å². The lowest BCUT2D eigenvalue weighted by Gasteiger charge is -2.13. The van der Waals surface area contributed by atoms with Gasteiger partial charge in [0, 0.05) is 30.9 Å². The van der Waals surface area contributed by atoms with E-state index in [9.17, 15) is 0 Å². The zero-order valence-corrected chi connectivity index (χ0v) is 17.3. The third-order valence-electron chi connectivity index (χ3n) is 4.22. The highest BCUT2D eigenvalue weighted by molar-refractivity contribution is 5.79. The minimum atomic E-state index is 0.586. The van der Waals surface area contributed by atoms with Gasteiger partial charge in [-0.15, -0.1) is 0 Å². The van der Waals surface area contributed by atoms with Gasteiger partial charge in [-0.3, -0.25) is 4.68 Å². The summed E-state index contributed by atoms with van der Waals surface area (Å²) in [6.45, 7) is 14.1. The molecule has 2 rings (SSSR count). The van der Waals surface area contributed by atoms with Gasteiger partial charge in [-0.25, -0.2) is 4.99 Å². The van der Waals surface area contributed by atoms with Gasteiger partial charge in [-0.1, -0.05) is 12.1 Å². The predicted octanol–water partition coefficient (Wildman–Crippen LogP) is 3.35. The van der Waals surface area contributed by atoms with Crippen LogP contribution in [0.4, 0.5) is 0 Å².